The summed E-state index contributed by atoms with van der Waals surface area (Å²) < 4.78 is 5.19. The summed E-state index contributed by atoms with van der Waals surface area (Å²) in [4.78, 5) is 49.2. The summed E-state index contributed by atoms with van der Waals surface area (Å²) in [5, 5.41) is 12.7. The highest BCUT2D eigenvalue weighted by Crippen LogP contribution is 2.41. The van der Waals surface area contributed by atoms with Crippen LogP contribution in [0.1, 0.15) is 94.2 Å². The quantitative estimate of drug-likeness (QED) is 0.190. The zero-order chi connectivity index (χ0) is 35.7. The number of nitrogens with zero attached hydrogens (tertiary/aromatic N) is 3. The van der Waals surface area contributed by atoms with Crippen molar-refractivity contribution in [1.29, 1.82) is 0 Å². The summed E-state index contributed by atoms with van der Waals surface area (Å²) >= 11 is 0. The molecule has 0 bridgehead atoms. The van der Waals surface area contributed by atoms with Gasteiger partial charge in [-0.25, -0.2) is 9.97 Å². The van der Waals surface area contributed by atoms with Gasteiger partial charge in [-0.1, -0.05) is 75.1 Å². The monoisotopic (exact) mass is 692 g/mol. The predicted octanol–water partition coefficient (Wildman–Crippen LogP) is 7.49. The summed E-state index contributed by atoms with van der Waals surface area (Å²) in [6.07, 6.45) is 18.9. The standard InChI is InChI=1S/C42H52N4O5/c1-3-28-7-13-31(14-8-28)32-17-19-33(20-18-32)35-24-43-41(44-25-35)34-15-9-30(10-16-34)26-46(27-40(48)49)42(50)37-5-4-6-38(37)45-39(47)23-29-11-21-36(51-2)22-12-29/h9-12,15-16,19,21-22,24-25,28,31-32,37-38H,3-8,13-14,17-18,20,23,26-27H2,1-2H3,(H,45,47)(H,48,49)/t28?,31?,32?,37-,38+/m0/s1. The smallest absolute Gasteiger partial charge is 0.323 e. The van der Waals surface area contributed by atoms with Crippen LogP contribution in [0.4, 0.5) is 0 Å². The lowest BCUT2D eigenvalue weighted by Crippen LogP contribution is -2.47. The van der Waals surface area contributed by atoms with E-state index in [1.54, 1.807) is 7.11 Å². The van der Waals surface area contributed by atoms with E-state index in [0.29, 0.717) is 18.7 Å². The zero-order valence-corrected chi connectivity index (χ0v) is 30.1. The molecule has 3 aliphatic rings. The van der Waals surface area contributed by atoms with E-state index in [1.807, 2.05) is 60.9 Å². The molecular formula is C42H52N4O5. The zero-order valence-electron chi connectivity index (χ0n) is 30.1. The van der Waals surface area contributed by atoms with Crippen LogP contribution in [0.5, 0.6) is 5.75 Å². The number of amides is 2. The van der Waals surface area contributed by atoms with Gasteiger partial charge in [0.2, 0.25) is 11.8 Å². The highest BCUT2D eigenvalue weighted by atomic mass is 16.5. The highest BCUT2D eigenvalue weighted by molar-refractivity contribution is 5.85. The van der Waals surface area contributed by atoms with Crippen molar-refractivity contribution in [3.05, 3.63) is 83.7 Å². The predicted molar refractivity (Wildman–Crippen MR) is 198 cm³/mol. The number of benzene rings is 2. The molecule has 2 fully saturated rings. The van der Waals surface area contributed by atoms with Gasteiger partial charge in [-0.15, -0.1) is 0 Å². The van der Waals surface area contributed by atoms with Crippen LogP contribution < -0.4 is 10.1 Å². The third-order valence-corrected chi connectivity index (χ3v) is 11.5. The fourth-order valence-electron chi connectivity index (χ4n) is 8.46. The maximum Gasteiger partial charge on any atom is 0.323 e. The number of methoxy groups -OCH3 is 1. The molecule has 2 aromatic carbocycles. The summed E-state index contributed by atoms with van der Waals surface area (Å²) in [6, 6.07) is 14.6. The van der Waals surface area contributed by atoms with Gasteiger partial charge in [-0.3, -0.25) is 14.4 Å². The van der Waals surface area contributed by atoms with Gasteiger partial charge in [0, 0.05) is 36.1 Å². The Labute approximate surface area is 301 Å². The SMILES string of the molecule is CCC1CCC(C2CC=C(c3cnc(-c4ccc(CN(CC(=O)O)C(=O)[C@H]5CCC[C@H]5NC(=O)Cc5ccc(OC)cc5)cc4)nc3)CC2)CC1. The van der Waals surface area contributed by atoms with E-state index in [0.717, 1.165) is 65.0 Å². The molecule has 2 saturated carbocycles. The Balaban J connectivity index is 1.04. The Morgan fingerprint density at radius 2 is 1.57 bits per heavy atom. The summed E-state index contributed by atoms with van der Waals surface area (Å²) in [5.41, 5.74) is 4.96. The molecule has 3 atom stereocenters. The molecule has 0 aliphatic heterocycles. The molecule has 0 radical (unpaired) electrons. The van der Waals surface area contributed by atoms with Crippen molar-refractivity contribution in [3.63, 3.8) is 0 Å². The van der Waals surface area contributed by atoms with E-state index in [2.05, 4.69) is 18.3 Å². The largest absolute Gasteiger partial charge is 0.497 e. The van der Waals surface area contributed by atoms with Crippen molar-refractivity contribution in [1.82, 2.24) is 20.2 Å². The van der Waals surface area contributed by atoms with E-state index in [-0.39, 0.29) is 30.8 Å². The van der Waals surface area contributed by atoms with Gasteiger partial charge in [-0.2, -0.15) is 0 Å². The molecule has 0 spiro atoms. The summed E-state index contributed by atoms with van der Waals surface area (Å²) in [7, 11) is 1.59. The minimum absolute atomic E-state index is 0.156. The molecule has 3 aromatic rings. The molecule has 1 unspecified atom stereocenters. The number of hydrogen-bond donors (Lipinski definition) is 2. The fraction of sp³-hybridized carbons (Fsp3) is 0.500. The first kappa shape index (κ1) is 36.3. The number of rotatable bonds is 13. The molecule has 1 aromatic heterocycles. The van der Waals surface area contributed by atoms with E-state index in [4.69, 9.17) is 14.7 Å². The molecule has 1 heterocycles. The van der Waals surface area contributed by atoms with Gasteiger partial charge in [-0.05, 0) is 91.5 Å². The molecular weight excluding hydrogens is 640 g/mol. The van der Waals surface area contributed by atoms with E-state index in [1.165, 1.54) is 49.0 Å². The topological polar surface area (TPSA) is 122 Å². The molecule has 0 saturated heterocycles. The Morgan fingerprint density at radius 3 is 2.20 bits per heavy atom. The minimum atomic E-state index is -1.07. The molecule has 6 rings (SSSR count). The Kier molecular flexibility index (Phi) is 12.2. The first-order valence-corrected chi connectivity index (χ1v) is 18.8. The number of hydrogen-bond acceptors (Lipinski definition) is 6. The van der Waals surface area contributed by atoms with Gasteiger partial charge >= 0.3 is 5.97 Å². The normalized spacial score (nSPS) is 23.3. The van der Waals surface area contributed by atoms with Crippen molar-refractivity contribution < 1.29 is 24.2 Å². The Morgan fingerprint density at radius 1 is 0.863 bits per heavy atom. The number of carbonyl (C=O) groups excluding carboxylic acids is 2. The van der Waals surface area contributed by atoms with E-state index < -0.39 is 18.4 Å². The molecule has 2 N–H and O–H groups in total. The van der Waals surface area contributed by atoms with Gasteiger partial charge in [0.1, 0.15) is 12.3 Å². The first-order chi connectivity index (χ1) is 24.8. The first-order valence-electron chi connectivity index (χ1n) is 18.8. The average Bonchev–Trinajstić information content (AvgIpc) is 3.62. The molecule has 270 valence electrons. The number of ether oxygens (including phenoxy) is 1. The number of carbonyl (C=O) groups is 3. The third-order valence-electron chi connectivity index (χ3n) is 11.5. The molecule has 9 nitrogen and oxygen atoms in total. The average molecular weight is 693 g/mol. The Bertz CT molecular complexity index is 1660. The van der Waals surface area contributed by atoms with Crippen LogP contribution in [0.2, 0.25) is 0 Å². The fourth-order valence-corrected chi connectivity index (χ4v) is 8.46. The van der Waals surface area contributed by atoms with Gasteiger partial charge < -0.3 is 20.1 Å². The van der Waals surface area contributed by atoms with Crippen LogP contribution in [0.15, 0.2) is 67.0 Å². The number of carboxylic acids is 1. The second-order valence-electron chi connectivity index (χ2n) is 14.8. The van der Waals surface area contributed by atoms with Crippen LogP contribution in [-0.4, -0.2) is 57.5 Å². The second kappa shape index (κ2) is 17.1. The lowest BCUT2D eigenvalue weighted by molar-refractivity contribution is -0.147. The molecule has 3 aliphatic carbocycles. The number of allylic oxidation sites excluding steroid dienone is 2. The van der Waals surface area contributed by atoms with Crippen molar-refractivity contribution >= 4 is 23.4 Å². The van der Waals surface area contributed by atoms with Crippen LogP contribution in [0, 0.1) is 23.7 Å². The highest BCUT2D eigenvalue weighted by Gasteiger charge is 2.37. The van der Waals surface area contributed by atoms with Gasteiger partial charge in [0.05, 0.1) is 19.4 Å². The molecule has 51 heavy (non-hydrogen) atoms. The van der Waals surface area contributed by atoms with E-state index in [9.17, 15) is 19.5 Å². The van der Waals surface area contributed by atoms with Crippen LogP contribution in [-0.2, 0) is 27.3 Å². The van der Waals surface area contributed by atoms with Crippen LogP contribution in [0.3, 0.4) is 0 Å². The number of carboxylic acid groups (broad SMARTS) is 1. The number of nitrogens with one attached hydrogen (secondary N) is 1. The lowest BCUT2D eigenvalue weighted by atomic mass is 9.71. The number of aliphatic carboxylic acids is 1. The molecule has 2 amide bonds. The van der Waals surface area contributed by atoms with E-state index >= 15 is 0 Å². The van der Waals surface area contributed by atoms with Crippen LogP contribution >= 0.6 is 0 Å². The number of aromatic nitrogens is 2. The van der Waals surface area contributed by atoms with Crippen molar-refractivity contribution in [2.24, 2.45) is 23.7 Å². The third kappa shape index (κ3) is 9.43. The van der Waals surface area contributed by atoms with Crippen LogP contribution in [0.25, 0.3) is 17.0 Å². The Hall–Kier alpha value is -4.53. The second-order valence-corrected chi connectivity index (χ2v) is 14.8. The molecule has 9 heteroatoms. The van der Waals surface area contributed by atoms with Crippen molar-refractivity contribution in [3.8, 4) is 17.1 Å². The maximum atomic E-state index is 13.8. The minimum Gasteiger partial charge on any atom is -0.497 e. The lowest BCUT2D eigenvalue weighted by Gasteiger charge is -2.35. The summed E-state index contributed by atoms with van der Waals surface area (Å²) in [5.74, 6) is 2.02. The van der Waals surface area contributed by atoms with Gasteiger partial charge in [0.25, 0.3) is 0 Å². The van der Waals surface area contributed by atoms with Crippen molar-refractivity contribution in [2.45, 2.75) is 96.6 Å². The summed E-state index contributed by atoms with van der Waals surface area (Å²) in [6.45, 7) is 2.07. The van der Waals surface area contributed by atoms with Gasteiger partial charge in [0.15, 0.2) is 5.82 Å². The maximum absolute atomic E-state index is 13.8. The van der Waals surface area contributed by atoms with Crippen molar-refractivity contribution in [2.75, 3.05) is 13.7 Å².